The zero-order valence-corrected chi connectivity index (χ0v) is 11.8. The smallest absolute Gasteiger partial charge is 0.303 e. The predicted molar refractivity (Wildman–Crippen MR) is 69.2 cm³/mol. The largest absolute Gasteiger partial charge is 0.481 e. The van der Waals surface area contributed by atoms with Crippen molar-refractivity contribution in [3.05, 3.63) is 12.0 Å². The van der Waals surface area contributed by atoms with Gasteiger partial charge >= 0.3 is 5.97 Å². The Kier molecular flexibility index (Phi) is 5.49. The van der Waals surface area contributed by atoms with Crippen LogP contribution < -0.4 is 4.72 Å². The van der Waals surface area contributed by atoms with Crippen LogP contribution in [0.5, 0.6) is 0 Å². The summed E-state index contributed by atoms with van der Waals surface area (Å²) in [6, 6.07) is 0. The molecule has 0 saturated carbocycles. The van der Waals surface area contributed by atoms with E-state index in [9.17, 15) is 13.2 Å². The number of nitrogens with zero attached hydrogens (tertiary/aromatic N) is 1. The topological polar surface area (TPSA) is 112 Å². The molecule has 7 nitrogen and oxygen atoms in total. The standard InChI is InChI=1S/C11H19N3O4S/c1-3-8(5-11(15)16)6-13-19(17,18)10-7-12-9(4-2)14-10/h7-8,13H,3-6H2,1-2H3,(H,12,14)(H,15,16). The zero-order valence-electron chi connectivity index (χ0n) is 11.0. The van der Waals surface area contributed by atoms with Crippen molar-refractivity contribution in [2.24, 2.45) is 5.92 Å². The maximum absolute atomic E-state index is 11.9. The molecular weight excluding hydrogens is 270 g/mol. The first-order valence-corrected chi connectivity index (χ1v) is 7.62. The van der Waals surface area contributed by atoms with Gasteiger partial charge in [0.2, 0.25) is 0 Å². The van der Waals surface area contributed by atoms with Gasteiger partial charge in [0.05, 0.1) is 6.20 Å². The number of hydrogen-bond donors (Lipinski definition) is 3. The minimum absolute atomic E-state index is 0.00882. The van der Waals surface area contributed by atoms with Gasteiger partial charge in [0.25, 0.3) is 10.0 Å². The Morgan fingerprint density at radius 3 is 2.68 bits per heavy atom. The van der Waals surface area contributed by atoms with Crippen LogP contribution >= 0.6 is 0 Å². The van der Waals surface area contributed by atoms with E-state index >= 15 is 0 Å². The molecule has 8 heteroatoms. The van der Waals surface area contributed by atoms with Gasteiger partial charge in [0.15, 0.2) is 5.03 Å². The van der Waals surface area contributed by atoms with Crippen LogP contribution in [0, 0.1) is 5.92 Å². The van der Waals surface area contributed by atoms with E-state index in [1.165, 1.54) is 6.20 Å². The second kappa shape index (κ2) is 6.67. The monoisotopic (exact) mass is 289 g/mol. The highest BCUT2D eigenvalue weighted by Crippen LogP contribution is 2.10. The molecule has 0 fully saturated rings. The van der Waals surface area contributed by atoms with Crippen LogP contribution in [0.4, 0.5) is 0 Å². The first kappa shape index (κ1) is 15.6. The quantitative estimate of drug-likeness (QED) is 0.653. The number of hydrogen-bond acceptors (Lipinski definition) is 4. The fourth-order valence-corrected chi connectivity index (χ4v) is 2.63. The molecule has 0 saturated heterocycles. The second-order valence-electron chi connectivity index (χ2n) is 4.27. The predicted octanol–water partition coefficient (Wildman–Crippen LogP) is 0.751. The van der Waals surface area contributed by atoms with Crippen molar-refractivity contribution in [3.63, 3.8) is 0 Å². The fraction of sp³-hybridized carbons (Fsp3) is 0.636. The summed E-state index contributed by atoms with van der Waals surface area (Å²) in [4.78, 5) is 17.2. The first-order valence-electron chi connectivity index (χ1n) is 6.14. The Morgan fingerprint density at radius 2 is 2.21 bits per heavy atom. The maximum atomic E-state index is 11.9. The second-order valence-corrected chi connectivity index (χ2v) is 6.01. The van der Waals surface area contributed by atoms with E-state index in [4.69, 9.17) is 5.11 Å². The average molecular weight is 289 g/mol. The van der Waals surface area contributed by atoms with Crippen molar-refractivity contribution in [2.75, 3.05) is 6.54 Å². The number of aliphatic carboxylic acids is 1. The molecule has 0 aliphatic rings. The molecule has 0 spiro atoms. The number of imidazole rings is 1. The van der Waals surface area contributed by atoms with Crippen LogP contribution in [0.15, 0.2) is 11.2 Å². The molecule has 1 atom stereocenters. The Balaban J connectivity index is 2.66. The van der Waals surface area contributed by atoms with E-state index in [2.05, 4.69) is 14.7 Å². The van der Waals surface area contributed by atoms with Gasteiger partial charge in [-0.05, 0) is 5.92 Å². The van der Waals surface area contributed by atoms with Gasteiger partial charge in [0, 0.05) is 19.4 Å². The summed E-state index contributed by atoms with van der Waals surface area (Å²) < 4.78 is 26.3. The third kappa shape index (κ3) is 4.64. The third-order valence-electron chi connectivity index (χ3n) is 2.83. The molecule has 19 heavy (non-hydrogen) atoms. The summed E-state index contributed by atoms with van der Waals surface area (Å²) in [6.45, 7) is 3.79. The Labute approximate surface area is 112 Å². The molecule has 3 N–H and O–H groups in total. The fourth-order valence-electron chi connectivity index (χ4n) is 1.57. The highest BCUT2D eigenvalue weighted by Gasteiger charge is 2.19. The van der Waals surface area contributed by atoms with Crippen LogP contribution in [0.3, 0.4) is 0 Å². The van der Waals surface area contributed by atoms with Gasteiger partial charge < -0.3 is 10.1 Å². The zero-order chi connectivity index (χ0) is 14.5. The number of aromatic nitrogens is 2. The minimum atomic E-state index is -3.65. The van der Waals surface area contributed by atoms with Crippen molar-refractivity contribution in [1.29, 1.82) is 0 Å². The highest BCUT2D eigenvalue weighted by atomic mass is 32.2. The molecule has 0 amide bonds. The minimum Gasteiger partial charge on any atom is -0.481 e. The number of H-pyrrole nitrogens is 1. The van der Waals surface area contributed by atoms with E-state index in [-0.39, 0.29) is 23.9 Å². The Bertz CT molecular complexity index is 524. The van der Waals surface area contributed by atoms with Crippen LogP contribution in [-0.2, 0) is 21.2 Å². The molecule has 1 aromatic rings. The van der Waals surface area contributed by atoms with Crippen molar-refractivity contribution >= 4 is 16.0 Å². The summed E-state index contributed by atoms with van der Waals surface area (Å²) in [5.41, 5.74) is 0. The van der Waals surface area contributed by atoms with E-state index in [0.29, 0.717) is 18.7 Å². The molecule has 0 aliphatic carbocycles. The van der Waals surface area contributed by atoms with Crippen LogP contribution in [0.2, 0.25) is 0 Å². The third-order valence-corrected chi connectivity index (χ3v) is 4.17. The summed E-state index contributed by atoms with van der Waals surface area (Å²) >= 11 is 0. The van der Waals surface area contributed by atoms with Gasteiger partial charge in [-0.3, -0.25) is 4.79 Å². The lowest BCUT2D eigenvalue weighted by molar-refractivity contribution is -0.138. The lowest BCUT2D eigenvalue weighted by Gasteiger charge is -2.12. The van der Waals surface area contributed by atoms with Crippen molar-refractivity contribution in [3.8, 4) is 0 Å². The van der Waals surface area contributed by atoms with Gasteiger partial charge in [-0.1, -0.05) is 20.3 Å². The summed E-state index contributed by atoms with van der Waals surface area (Å²) in [7, 11) is -3.65. The van der Waals surface area contributed by atoms with Crippen LogP contribution in [0.1, 0.15) is 32.5 Å². The van der Waals surface area contributed by atoms with Gasteiger partial charge in [0.1, 0.15) is 5.82 Å². The van der Waals surface area contributed by atoms with Gasteiger partial charge in [-0.2, -0.15) is 0 Å². The molecule has 1 aromatic heterocycles. The lowest BCUT2D eigenvalue weighted by atomic mass is 10.0. The molecular formula is C11H19N3O4S. The van der Waals surface area contributed by atoms with Gasteiger partial charge in [-0.25, -0.2) is 18.1 Å². The number of aryl methyl sites for hydroxylation is 1. The van der Waals surface area contributed by atoms with E-state index < -0.39 is 16.0 Å². The molecule has 0 aromatic carbocycles. The number of carboxylic acid groups (broad SMARTS) is 1. The van der Waals surface area contributed by atoms with Crippen molar-refractivity contribution in [2.45, 2.75) is 38.1 Å². The molecule has 0 aliphatic heterocycles. The Morgan fingerprint density at radius 1 is 1.53 bits per heavy atom. The Hall–Kier alpha value is -1.41. The number of aromatic amines is 1. The first-order chi connectivity index (χ1) is 8.89. The van der Waals surface area contributed by atoms with E-state index in [1.54, 1.807) is 0 Å². The number of sulfonamides is 1. The molecule has 1 rings (SSSR count). The van der Waals surface area contributed by atoms with Crippen molar-refractivity contribution < 1.29 is 18.3 Å². The summed E-state index contributed by atoms with van der Waals surface area (Å²) in [5, 5.41) is 8.71. The van der Waals surface area contributed by atoms with E-state index in [0.717, 1.165) is 0 Å². The van der Waals surface area contributed by atoms with Crippen LogP contribution in [0.25, 0.3) is 0 Å². The summed E-state index contributed by atoms with van der Waals surface area (Å²) in [5.74, 6) is -0.556. The number of carboxylic acids is 1. The molecule has 0 bridgehead atoms. The number of nitrogens with one attached hydrogen (secondary N) is 2. The maximum Gasteiger partial charge on any atom is 0.303 e. The molecule has 1 heterocycles. The lowest BCUT2D eigenvalue weighted by Crippen LogP contribution is -2.30. The van der Waals surface area contributed by atoms with Crippen LogP contribution in [-0.4, -0.2) is 36.0 Å². The average Bonchev–Trinajstić information content (AvgIpc) is 2.83. The SMILES string of the molecule is CCc1ncc(S(=O)(=O)NCC(CC)CC(=O)O)[nH]1. The number of rotatable bonds is 8. The highest BCUT2D eigenvalue weighted by molar-refractivity contribution is 7.89. The molecule has 108 valence electrons. The molecule has 0 radical (unpaired) electrons. The molecule has 1 unspecified atom stereocenters. The van der Waals surface area contributed by atoms with Crippen molar-refractivity contribution in [1.82, 2.24) is 14.7 Å². The summed E-state index contributed by atoms with van der Waals surface area (Å²) in [6.07, 6.45) is 2.42. The van der Waals surface area contributed by atoms with E-state index in [1.807, 2.05) is 13.8 Å². The van der Waals surface area contributed by atoms with Gasteiger partial charge in [-0.15, -0.1) is 0 Å². The normalized spacial score (nSPS) is 13.4. The number of carbonyl (C=O) groups is 1.